The zero-order valence-electron chi connectivity index (χ0n) is 17.6. The molecule has 1 aliphatic rings. The zero-order valence-corrected chi connectivity index (χ0v) is 18.4. The predicted octanol–water partition coefficient (Wildman–Crippen LogP) is 1.54. The molecule has 0 saturated carbocycles. The lowest BCUT2D eigenvalue weighted by Gasteiger charge is -2.22. The number of nitrogens with one attached hydrogen (secondary N) is 1. The SMILES string of the molecule is C[C@@H](NC(=O)CN(C)S(=O)(=O)c1ccc2c(c1)OCCO2)c1ccc(-n2cncn2)cc1. The second kappa shape index (κ2) is 8.97. The van der Waals surface area contributed by atoms with Gasteiger partial charge in [-0.1, -0.05) is 12.1 Å². The number of amides is 1. The fraction of sp³-hybridized carbons (Fsp3) is 0.286. The lowest BCUT2D eigenvalue weighted by molar-refractivity contribution is -0.121. The van der Waals surface area contributed by atoms with Gasteiger partial charge in [-0.15, -0.1) is 0 Å². The van der Waals surface area contributed by atoms with E-state index in [0.717, 1.165) is 15.6 Å². The summed E-state index contributed by atoms with van der Waals surface area (Å²) in [4.78, 5) is 16.5. The van der Waals surface area contributed by atoms with Crippen LogP contribution in [0.4, 0.5) is 0 Å². The molecule has 0 fully saturated rings. The number of hydrogen-bond donors (Lipinski definition) is 1. The molecule has 1 N–H and O–H groups in total. The van der Waals surface area contributed by atoms with Crippen LogP contribution in [-0.4, -0.2) is 60.2 Å². The van der Waals surface area contributed by atoms with Crippen molar-refractivity contribution in [3.63, 3.8) is 0 Å². The van der Waals surface area contributed by atoms with Gasteiger partial charge in [0.15, 0.2) is 11.5 Å². The predicted molar refractivity (Wildman–Crippen MR) is 115 cm³/mol. The van der Waals surface area contributed by atoms with Crippen molar-refractivity contribution in [2.75, 3.05) is 26.8 Å². The Morgan fingerprint density at radius 3 is 2.56 bits per heavy atom. The van der Waals surface area contributed by atoms with Gasteiger partial charge in [-0.05, 0) is 36.8 Å². The number of carbonyl (C=O) groups is 1. The molecule has 0 aliphatic carbocycles. The van der Waals surface area contributed by atoms with Crippen molar-refractivity contribution in [3.05, 3.63) is 60.7 Å². The van der Waals surface area contributed by atoms with Crippen LogP contribution in [0.3, 0.4) is 0 Å². The van der Waals surface area contributed by atoms with Crippen molar-refractivity contribution in [3.8, 4) is 17.2 Å². The number of ether oxygens (including phenoxy) is 2. The summed E-state index contributed by atoms with van der Waals surface area (Å²) in [6, 6.07) is 11.6. The molecule has 0 unspecified atom stereocenters. The van der Waals surface area contributed by atoms with Crippen LogP contribution in [0.1, 0.15) is 18.5 Å². The van der Waals surface area contributed by atoms with Crippen LogP contribution < -0.4 is 14.8 Å². The summed E-state index contributed by atoms with van der Waals surface area (Å²) in [6.45, 7) is 2.28. The van der Waals surface area contributed by atoms with Gasteiger partial charge in [-0.2, -0.15) is 9.40 Å². The van der Waals surface area contributed by atoms with Crippen molar-refractivity contribution in [2.24, 2.45) is 0 Å². The Morgan fingerprint density at radius 1 is 1.16 bits per heavy atom. The van der Waals surface area contributed by atoms with E-state index in [1.807, 2.05) is 31.2 Å². The maximum absolute atomic E-state index is 12.9. The molecule has 0 bridgehead atoms. The smallest absolute Gasteiger partial charge is 0.243 e. The van der Waals surface area contributed by atoms with Crippen molar-refractivity contribution in [2.45, 2.75) is 17.9 Å². The second-order valence-corrected chi connectivity index (χ2v) is 9.33. The van der Waals surface area contributed by atoms with E-state index in [2.05, 4.69) is 15.4 Å². The number of fused-ring (bicyclic) bond motifs is 1. The minimum atomic E-state index is -3.88. The Hall–Kier alpha value is -3.44. The molecule has 1 atom stereocenters. The van der Waals surface area contributed by atoms with Crippen molar-refractivity contribution >= 4 is 15.9 Å². The largest absolute Gasteiger partial charge is 0.486 e. The first-order valence-corrected chi connectivity index (χ1v) is 11.4. The van der Waals surface area contributed by atoms with Crippen LogP contribution >= 0.6 is 0 Å². The van der Waals surface area contributed by atoms with Gasteiger partial charge in [0.1, 0.15) is 25.9 Å². The van der Waals surface area contributed by atoms with Crippen molar-refractivity contribution in [1.29, 1.82) is 0 Å². The van der Waals surface area contributed by atoms with Gasteiger partial charge in [0, 0.05) is 13.1 Å². The van der Waals surface area contributed by atoms with Crippen LogP contribution in [0.2, 0.25) is 0 Å². The van der Waals surface area contributed by atoms with Gasteiger partial charge in [-0.25, -0.2) is 18.1 Å². The summed E-state index contributed by atoms with van der Waals surface area (Å²) in [6.07, 6.45) is 3.05. The fourth-order valence-corrected chi connectivity index (χ4v) is 4.42. The molecule has 1 amide bonds. The fourth-order valence-electron chi connectivity index (χ4n) is 3.28. The molecule has 2 heterocycles. The third-order valence-electron chi connectivity index (χ3n) is 5.04. The molecule has 2 aromatic carbocycles. The molecule has 0 radical (unpaired) electrons. The Bertz CT molecular complexity index is 1200. The summed E-state index contributed by atoms with van der Waals surface area (Å²) < 4.78 is 39.3. The lowest BCUT2D eigenvalue weighted by Crippen LogP contribution is -2.39. The van der Waals surface area contributed by atoms with Gasteiger partial charge in [-0.3, -0.25) is 4.79 Å². The molecule has 0 saturated heterocycles. The number of nitrogens with zero attached hydrogens (tertiary/aromatic N) is 4. The van der Waals surface area contributed by atoms with Gasteiger partial charge in [0.25, 0.3) is 0 Å². The van der Waals surface area contributed by atoms with E-state index in [0.29, 0.717) is 24.7 Å². The average molecular weight is 458 g/mol. The Labute approximate surface area is 185 Å². The van der Waals surface area contributed by atoms with Crippen LogP contribution in [0.5, 0.6) is 11.5 Å². The van der Waals surface area contributed by atoms with Crippen LogP contribution in [0, 0.1) is 0 Å². The number of carbonyl (C=O) groups excluding carboxylic acids is 1. The zero-order chi connectivity index (χ0) is 22.7. The van der Waals surface area contributed by atoms with Gasteiger partial charge in [0.2, 0.25) is 15.9 Å². The highest BCUT2D eigenvalue weighted by atomic mass is 32.2. The average Bonchev–Trinajstić information content (AvgIpc) is 3.33. The molecular formula is C21H23N5O5S. The molecule has 32 heavy (non-hydrogen) atoms. The van der Waals surface area contributed by atoms with E-state index in [9.17, 15) is 13.2 Å². The van der Waals surface area contributed by atoms with Crippen molar-refractivity contribution in [1.82, 2.24) is 24.4 Å². The summed E-state index contributed by atoms with van der Waals surface area (Å²) in [5.41, 5.74) is 1.72. The number of benzene rings is 2. The van der Waals surface area contributed by atoms with E-state index < -0.39 is 15.9 Å². The van der Waals surface area contributed by atoms with E-state index in [-0.39, 0.29) is 17.5 Å². The number of sulfonamides is 1. The number of rotatable bonds is 7. The minimum Gasteiger partial charge on any atom is -0.486 e. The second-order valence-electron chi connectivity index (χ2n) is 7.29. The third kappa shape index (κ3) is 4.58. The summed E-state index contributed by atoms with van der Waals surface area (Å²) in [5, 5.41) is 6.90. The highest BCUT2D eigenvalue weighted by Gasteiger charge is 2.26. The third-order valence-corrected chi connectivity index (χ3v) is 6.84. The standard InChI is InChI=1S/C21H23N5O5S/c1-15(16-3-5-17(6-4-16)26-14-22-13-23-26)24-21(27)12-25(2)32(28,29)18-7-8-19-20(11-18)31-10-9-30-19/h3-8,11,13-15H,9-10,12H2,1-2H3,(H,24,27)/t15-/m1/s1. The first kappa shape index (κ1) is 21.8. The molecule has 11 heteroatoms. The van der Waals surface area contributed by atoms with E-state index in [4.69, 9.17) is 9.47 Å². The lowest BCUT2D eigenvalue weighted by atomic mass is 10.1. The maximum Gasteiger partial charge on any atom is 0.243 e. The minimum absolute atomic E-state index is 0.0359. The summed E-state index contributed by atoms with van der Waals surface area (Å²) in [5.74, 6) is 0.457. The number of aromatic nitrogens is 3. The topological polar surface area (TPSA) is 116 Å². The Morgan fingerprint density at radius 2 is 1.88 bits per heavy atom. The maximum atomic E-state index is 12.9. The van der Waals surface area contributed by atoms with E-state index in [1.54, 1.807) is 17.1 Å². The molecule has 3 aromatic rings. The first-order valence-electron chi connectivity index (χ1n) is 9.95. The Kier molecular flexibility index (Phi) is 6.10. The quantitative estimate of drug-likeness (QED) is 0.572. The number of hydrogen-bond acceptors (Lipinski definition) is 7. The van der Waals surface area contributed by atoms with E-state index in [1.165, 1.54) is 25.5 Å². The Balaban J connectivity index is 1.38. The van der Waals surface area contributed by atoms with E-state index >= 15 is 0 Å². The molecule has 1 aliphatic heterocycles. The van der Waals surface area contributed by atoms with Crippen molar-refractivity contribution < 1.29 is 22.7 Å². The molecule has 168 valence electrons. The van der Waals surface area contributed by atoms with Gasteiger partial charge < -0.3 is 14.8 Å². The number of likely N-dealkylation sites (N-methyl/N-ethyl adjacent to an activating group) is 1. The molecule has 1 aromatic heterocycles. The van der Waals surface area contributed by atoms with Gasteiger partial charge >= 0.3 is 0 Å². The first-order chi connectivity index (χ1) is 15.3. The summed E-state index contributed by atoms with van der Waals surface area (Å²) >= 11 is 0. The monoisotopic (exact) mass is 457 g/mol. The normalized spacial score (nSPS) is 14.2. The van der Waals surface area contributed by atoms with Crippen LogP contribution in [0.15, 0.2) is 60.0 Å². The highest BCUT2D eigenvalue weighted by molar-refractivity contribution is 7.89. The summed E-state index contributed by atoms with van der Waals surface area (Å²) in [7, 11) is -2.51. The van der Waals surface area contributed by atoms with Crippen LogP contribution in [0.25, 0.3) is 5.69 Å². The molecule has 4 rings (SSSR count). The van der Waals surface area contributed by atoms with Crippen LogP contribution in [-0.2, 0) is 14.8 Å². The molecule has 0 spiro atoms. The molecule has 10 nitrogen and oxygen atoms in total. The van der Waals surface area contributed by atoms with Gasteiger partial charge in [0.05, 0.1) is 23.2 Å². The highest BCUT2D eigenvalue weighted by Crippen LogP contribution is 2.32. The molecular weight excluding hydrogens is 434 g/mol.